The second-order valence-electron chi connectivity index (χ2n) is 10.5. The van der Waals surface area contributed by atoms with Gasteiger partial charge >= 0.3 is 0 Å². The molecule has 0 amide bonds. The zero-order chi connectivity index (χ0) is 27.6. The Hall–Kier alpha value is -2.62. The highest BCUT2D eigenvalue weighted by Gasteiger charge is 2.26. The molecule has 3 aromatic rings. The lowest BCUT2D eigenvalue weighted by molar-refractivity contribution is 0.153. The quantitative estimate of drug-likeness (QED) is 0.364. The molecular weight excluding hydrogens is 542 g/mol. The molecule has 0 aliphatic carbocycles. The molecule has 0 aromatic heterocycles. The van der Waals surface area contributed by atoms with Gasteiger partial charge in [-0.3, -0.25) is 9.80 Å². The lowest BCUT2D eigenvalue weighted by atomic mass is 9.95. The third kappa shape index (κ3) is 7.13. The summed E-state index contributed by atoms with van der Waals surface area (Å²) in [7, 11) is -3.66. The molecule has 39 heavy (non-hydrogen) atoms. The molecule has 0 radical (unpaired) electrons. The van der Waals surface area contributed by atoms with E-state index in [0.29, 0.717) is 24.7 Å². The number of nitrogens with zero attached hydrogens (tertiary/aromatic N) is 2. The Labute approximate surface area is 233 Å². The van der Waals surface area contributed by atoms with Crippen LogP contribution in [0.1, 0.15) is 29.5 Å². The maximum atomic E-state index is 13.5. The minimum atomic E-state index is -3.66. The number of rotatable bonds is 9. The summed E-state index contributed by atoms with van der Waals surface area (Å²) in [5, 5.41) is 11.6. The van der Waals surface area contributed by atoms with Gasteiger partial charge in [-0.25, -0.2) is 17.2 Å². The number of sulfone groups is 1. The van der Waals surface area contributed by atoms with Gasteiger partial charge in [0, 0.05) is 48.7 Å². The van der Waals surface area contributed by atoms with Gasteiger partial charge in [0.25, 0.3) is 0 Å². The number of halogens is 3. The van der Waals surface area contributed by atoms with Crippen LogP contribution in [0, 0.1) is 11.6 Å². The summed E-state index contributed by atoms with van der Waals surface area (Å²) in [6.45, 7) is 3.57. The fraction of sp³-hybridized carbons (Fsp3) is 0.333. The first-order valence-electron chi connectivity index (χ1n) is 13.0. The lowest BCUT2D eigenvalue weighted by Gasteiger charge is -2.34. The summed E-state index contributed by atoms with van der Waals surface area (Å²) in [5.41, 5.74) is 5.30. The molecule has 9 heteroatoms. The normalized spacial score (nSPS) is 18.4. The van der Waals surface area contributed by atoms with Crippen LogP contribution in [0.3, 0.4) is 0 Å². The maximum absolute atomic E-state index is 13.5. The van der Waals surface area contributed by atoms with E-state index in [2.05, 4.69) is 28.0 Å². The van der Waals surface area contributed by atoms with Crippen molar-refractivity contribution in [1.29, 1.82) is 0 Å². The molecule has 5 rings (SSSR count). The summed E-state index contributed by atoms with van der Waals surface area (Å²) < 4.78 is 52.1. The molecule has 3 aromatic carbocycles. The van der Waals surface area contributed by atoms with E-state index in [4.69, 9.17) is 11.6 Å². The van der Waals surface area contributed by atoms with Crippen LogP contribution < -0.4 is 0 Å². The second-order valence-corrected chi connectivity index (χ2v) is 12.7. The zero-order valence-electron chi connectivity index (χ0n) is 21.5. The molecule has 2 fully saturated rings. The van der Waals surface area contributed by atoms with E-state index < -0.39 is 27.2 Å². The molecular formula is C30H31ClF2N2O3S. The Kier molecular flexibility index (Phi) is 8.49. The second kappa shape index (κ2) is 11.9. The summed E-state index contributed by atoms with van der Waals surface area (Å²) in [6, 6.07) is 17.2. The summed E-state index contributed by atoms with van der Waals surface area (Å²) >= 11 is 6.14. The van der Waals surface area contributed by atoms with Gasteiger partial charge < -0.3 is 5.11 Å². The molecule has 0 spiro atoms. The summed E-state index contributed by atoms with van der Waals surface area (Å²) in [4.78, 5) is 4.48. The van der Waals surface area contributed by atoms with Gasteiger partial charge in [-0.05, 0) is 83.1 Å². The largest absolute Gasteiger partial charge is 0.395 e. The van der Waals surface area contributed by atoms with E-state index in [-0.39, 0.29) is 18.2 Å². The molecule has 2 aliphatic rings. The van der Waals surface area contributed by atoms with Crippen LogP contribution in [-0.4, -0.2) is 55.6 Å². The van der Waals surface area contributed by atoms with Crippen molar-refractivity contribution < 1.29 is 22.3 Å². The molecule has 0 saturated carbocycles. The minimum Gasteiger partial charge on any atom is -0.395 e. The van der Waals surface area contributed by atoms with Crippen molar-refractivity contribution in [2.45, 2.75) is 37.7 Å². The number of hydrogen-bond acceptors (Lipinski definition) is 5. The minimum absolute atomic E-state index is 0.0902. The zero-order valence-corrected chi connectivity index (χ0v) is 23.1. The van der Waals surface area contributed by atoms with Crippen molar-refractivity contribution in [3.63, 3.8) is 0 Å². The van der Waals surface area contributed by atoms with Crippen LogP contribution in [0.5, 0.6) is 0 Å². The van der Waals surface area contributed by atoms with Crippen molar-refractivity contribution in [2.75, 3.05) is 26.2 Å². The van der Waals surface area contributed by atoms with E-state index in [0.717, 1.165) is 66.4 Å². The predicted octanol–water partition coefficient (Wildman–Crippen LogP) is 5.56. The maximum Gasteiger partial charge on any atom is 0.175 e. The molecule has 1 N–H and O–H groups in total. The average molecular weight is 573 g/mol. The third-order valence-electron chi connectivity index (χ3n) is 7.31. The topological polar surface area (TPSA) is 60.9 Å². The Balaban J connectivity index is 1.29. The number of benzene rings is 3. The fourth-order valence-corrected chi connectivity index (χ4v) is 6.98. The van der Waals surface area contributed by atoms with Crippen molar-refractivity contribution in [2.24, 2.45) is 0 Å². The fourth-order valence-electron chi connectivity index (χ4n) is 5.48. The van der Waals surface area contributed by atoms with Gasteiger partial charge in [0.1, 0.15) is 11.6 Å². The van der Waals surface area contributed by atoms with Crippen molar-refractivity contribution in [1.82, 2.24) is 9.80 Å². The van der Waals surface area contributed by atoms with Crippen molar-refractivity contribution in [3.05, 3.63) is 105 Å². The highest BCUT2D eigenvalue weighted by molar-refractivity contribution is 7.93. The highest BCUT2D eigenvalue weighted by atomic mass is 35.5. The molecule has 0 bridgehead atoms. The van der Waals surface area contributed by atoms with Gasteiger partial charge in [-0.1, -0.05) is 35.9 Å². The Morgan fingerprint density at radius 2 is 1.67 bits per heavy atom. The molecule has 1 atom stereocenters. The van der Waals surface area contributed by atoms with Gasteiger partial charge in [-0.15, -0.1) is 0 Å². The monoisotopic (exact) mass is 572 g/mol. The highest BCUT2D eigenvalue weighted by Crippen LogP contribution is 2.31. The SMILES string of the molecule is O=S(=O)(C=C1CN(Cc2ccc(CN3CCC[C@@H]3CO)cc2-c2ccc(Cl)cc2)C1)Cc1cc(F)cc(F)c1. The van der Waals surface area contributed by atoms with Gasteiger partial charge in [0.15, 0.2) is 9.84 Å². The van der Waals surface area contributed by atoms with Gasteiger partial charge in [0.2, 0.25) is 0 Å². The van der Waals surface area contributed by atoms with Gasteiger partial charge in [-0.2, -0.15) is 0 Å². The Bertz CT molecular complexity index is 1450. The van der Waals surface area contributed by atoms with Crippen LogP contribution in [-0.2, 0) is 28.7 Å². The van der Waals surface area contributed by atoms with Crippen molar-refractivity contribution >= 4 is 21.4 Å². The molecule has 2 aliphatic heterocycles. The number of aliphatic hydroxyl groups is 1. The third-order valence-corrected chi connectivity index (χ3v) is 8.99. The number of aliphatic hydroxyl groups excluding tert-OH is 1. The van der Waals surface area contributed by atoms with Crippen molar-refractivity contribution in [3.8, 4) is 11.1 Å². The number of hydrogen-bond donors (Lipinski definition) is 1. The van der Waals surface area contributed by atoms with E-state index in [9.17, 15) is 22.3 Å². The first-order chi connectivity index (χ1) is 18.7. The Morgan fingerprint density at radius 3 is 2.36 bits per heavy atom. The summed E-state index contributed by atoms with van der Waals surface area (Å²) in [6.07, 6.45) is 2.10. The summed E-state index contributed by atoms with van der Waals surface area (Å²) in [5.74, 6) is -2.03. The van der Waals surface area contributed by atoms with Crippen LogP contribution in [0.4, 0.5) is 8.78 Å². The molecule has 0 unspecified atom stereocenters. The van der Waals surface area contributed by atoms with Gasteiger partial charge in [0.05, 0.1) is 12.4 Å². The first-order valence-corrected chi connectivity index (χ1v) is 15.1. The van der Waals surface area contributed by atoms with E-state index in [1.54, 1.807) is 0 Å². The molecule has 2 heterocycles. The van der Waals surface area contributed by atoms with Crippen LogP contribution in [0.15, 0.2) is 71.6 Å². The van der Waals surface area contributed by atoms with Crippen LogP contribution >= 0.6 is 11.6 Å². The van der Waals surface area contributed by atoms with Crippen LogP contribution in [0.25, 0.3) is 11.1 Å². The standard InChI is InChI=1S/C30H31ClF2N2O3S/c31-26-7-5-24(6-8-26)30-12-21(16-35-9-1-2-29(35)18-36)3-4-25(30)17-34-14-23(15-34)20-39(37,38)19-22-10-27(32)13-28(33)11-22/h3-8,10-13,20,29,36H,1-2,9,14-19H2/t29-/m1/s1. The molecule has 2 saturated heterocycles. The van der Waals surface area contributed by atoms with E-state index in [1.807, 2.05) is 24.3 Å². The van der Waals surface area contributed by atoms with Crippen LogP contribution in [0.2, 0.25) is 5.02 Å². The van der Waals surface area contributed by atoms with E-state index >= 15 is 0 Å². The predicted molar refractivity (Wildman–Crippen MR) is 150 cm³/mol. The number of likely N-dealkylation sites (tertiary alicyclic amines) is 2. The average Bonchev–Trinajstić information content (AvgIpc) is 3.30. The first kappa shape index (κ1) is 27.9. The van der Waals surface area contributed by atoms with E-state index in [1.165, 1.54) is 11.0 Å². The lowest BCUT2D eigenvalue weighted by Crippen LogP contribution is -2.39. The molecule has 5 nitrogen and oxygen atoms in total. The Morgan fingerprint density at radius 1 is 0.949 bits per heavy atom. The molecule has 206 valence electrons. The smallest absolute Gasteiger partial charge is 0.175 e.